The van der Waals surface area contributed by atoms with Crippen molar-refractivity contribution in [3.8, 4) is 0 Å². The van der Waals surface area contributed by atoms with E-state index in [-0.39, 0.29) is 0 Å². The molecular weight excluding hydrogens is 202 g/mol. The molecule has 1 unspecified atom stereocenters. The molecule has 0 saturated heterocycles. The molecule has 2 N–H and O–H groups in total. The van der Waals surface area contributed by atoms with Crippen LogP contribution in [0.25, 0.3) is 0 Å². The van der Waals surface area contributed by atoms with E-state index in [0.29, 0.717) is 18.3 Å². The normalized spacial score (nSPS) is 15.4. The van der Waals surface area contributed by atoms with Crippen LogP contribution in [0.15, 0.2) is 16.5 Å². The first-order valence-electron chi connectivity index (χ1n) is 6.02. The Morgan fingerprint density at radius 1 is 1.38 bits per heavy atom. The maximum absolute atomic E-state index is 10.3. The molecule has 1 rings (SSSR count). The molecule has 3 nitrogen and oxygen atoms in total. The summed E-state index contributed by atoms with van der Waals surface area (Å²) in [5.41, 5.74) is -0.934. The summed E-state index contributed by atoms with van der Waals surface area (Å²) in [6.45, 7) is 8.47. The van der Waals surface area contributed by atoms with Gasteiger partial charge in [0.2, 0.25) is 0 Å². The van der Waals surface area contributed by atoms with Gasteiger partial charge in [-0.15, -0.1) is 0 Å². The molecule has 1 aromatic heterocycles. The largest absolute Gasteiger partial charge is 0.463 e. The zero-order chi connectivity index (χ0) is 12.2. The van der Waals surface area contributed by atoms with E-state index < -0.39 is 5.60 Å². The van der Waals surface area contributed by atoms with Gasteiger partial charge in [0.25, 0.3) is 0 Å². The average Bonchev–Trinajstić information content (AvgIpc) is 2.67. The highest BCUT2D eigenvalue weighted by Gasteiger charge is 2.27. The molecule has 0 aliphatic rings. The highest BCUT2D eigenvalue weighted by Crippen LogP contribution is 2.22. The first-order chi connectivity index (χ1) is 7.49. The van der Waals surface area contributed by atoms with Crippen molar-refractivity contribution in [2.24, 2.45) is 0 Å². The number of nitrogens with one attached hydrogen (secondary N) is 1. The Labute approximate surface area is 97.9 Å². The van der Waals surface area contributed by atoms with Gasteiger partial charge in [-0.2, -0.15) is 0 Å². The SMILES string of the molecule is CCC(CC)NCC(C)(O)c1ccc(C)o1. The fourth-order valence-corrected chi connectivity index (χ4v) is 1.73. The Bertz CT molecular complexity index is 313. The summed E-state index contributed by atoms with van der Waals surface area (Å²) in [6.07, 6.45) is 2.15. The van der Waals surface area contributed by atoms with Crippen LogP contribution >= 0.6 is 0 Å². The molecule has 0 radical (unpaired) electrons. The van der Waals surface area contributed by atoms with Crippen LogP contribution < -0.4 is 5.32 Å². The summed E-state index contributed by atoms with van der Waals surface area (Å²) < 4.78 is 5.46. The molecule has 0 aliphatic carbocycles. The molecule has 3 heteroatoms. The minimum Gasteiger partial charge on any atom is -0.463 e. The van der Waals surface area contributed by atoms with Crippen molar-refractivity contribution in [2.75, 3.05) is 6.54 Å². The molecule has 1 atom stereocenters. The van der Waals surface area contributed by atoms with E-state index in [0.717, 1.165) is 18.6 Å². The monoisotopic (exact) mass is 225 g/mol. The molecular formula is C13H23NO2. The van der Waals surface area contributed by atoms with Gasteiger partial charge in [0, 0.05) is 12.6 Å². The number of hydrogen-bond acceptors (Lipinski definition) is 3. The van der Waals surface area contributed by atoms with Crippen LogP contribution in [0.4, 0.5) is 0 Å². The van der Waals surface area contributed by atoms with Crippen LogP contribution in [-0.4, -0.2) is 17.7 Å². The Balaban J connectivity index is 2.58. The van der Waals surface area contributed by atoms with Gasteiger partial charge in [-0.1, -0.05) is 13.8 Å². The molecule has 92 valence electrons. The molecule has 0 aliphatic heterocycles. The summed E-state index contributed by atoms with van der Waals surface area (Å²) in [5, 5.41) is 13.6. The molecule has 1 aromatic rings. The number of furan rings is 1. The highest BCUT2D eigenvalue weighted by atomic mass is 16.4. The van der Waals surface area contributed by atoms with Crippen molar-refractivity contribution in [3.05, 3.63) is 23.7 Å². The van der Waals surface area contributed by atoms with Crippen LogP contribution in [0.5, 0.6) is 0 Å². The van der Waals surface area contributed by atoms with E-state index in [1.807, 2.05) is 19.1 Å². The van der Waals surface area contributed by atoms with E-state index in [2.05, 4.69) is 19.2 Å². The smallest absolute Gasteiger partial charge is 0.136 e. The zero-order valence-electron chi connectivity index (χ0n) is 10.7. The van der Waals surface area contributed by atoms with Crippen LogP contribution in [0.2, 0.25) is 0 Å². The molecule has 0 spiro atoms. The van der Waals surface area contributed by atoms with Crippen LogP contribution in [0.1, 0.15) is 45.1 Å². The van der Waals surface area contributed by atoms with Crippen molar-refractivity contribution < 1.29 is 9.52 Å². The predicted molar refractivity (Wildman–Crippen MR) is 65.4 cm³/mol. The second-order valence-corrected chi connectivity index (χ2v) is 4.58. The predicted octanol–water partition coefficient (Wildman–Crippen LogP) is 2.57. The second kappa shape index (κ2) is 5.51. The van der Waals surface area contributed by atoms with E-state index in [9.17, 15) is 5.11 Å². The van der Waals surface area contributed by atoms with Gasteiger partial charge in [-0.05, 0) is 38.8 Å². The Morgan fingerprint density at radius 2 is 2.00 bits per heavy atom. The van der Waals surface area contributed by atoms with Crippen molar-refractivity contribution in [1.82, 2.24) is 5.32 Å². The molecule has 0 fully saturated rings. The minimum absolute atomic E-state index is 0.461. The third-order valence-corrected chi connectivity index (χ3v) is 2.99. The molecule has 16 heavy (non-hydrogen) atoms. The van der Waals surface area contributed by atoms with E-state index >= 15 is 0 Å². The standard InChI is InChI=1S/C13H23NO2/c1-5-11(6-2)14-9-13(4,15)12-8-7-10(3)16-12/h7-8,11,14-15H,5-6,9H2,1-4H3. The number of rotatable bonds is 6. The molecule has 1 heterocycles. The first kappa shape index (κ1) is 13.3. The van der Waals surface area contributed by atoms with Gasteiger partial charge >= 0.3 is 0 Å². The third kappa shape index (κ3) is 3.35. The van der Waals surface area contributed by atoms with Crippen molar-refractivity contribution in [2.45, 2.75) is 52.2 Å². The minimum atomic E-state index is -0.934. The van der Waals surface area contributed by atoms with Gasteiger partial charge in [-0.3, -0.25) is 0 Å². The number of aliphatic hydroxyl groups is 1. The van der Waals surface area contributed by atoms with Gasteiger partial charge in [0.05, 0.1) is 0 Å². The summed E-state index contributed by atoms with van der Waals surface area (Å²) in [7, 11) is 0. The summed E-state index contributed by atoms with van der Waals surface area (Å²) in [4.78, 5) is 0. The molecule has 0 aromatic carbocycles. The van der Waals surface area contributed by atoms with Gasteiger partial charge in [0.1, 0.15) is 17.1 Å². The van der Waals surface area contributed by atoms with Gasteiger partial charge in [0.15, 0.2) is 0 Å². The lowest BCUT2D eigenvalue weighted by molar-refractivity contribution is 0.0305. The highest BCUT2D eigenvalue weighted by molar-refractivity contribution is 5.12. The van der Waals surface area contributed by atoms with E-state index in [1.165, 1.54) is 0 Å². The lowest BCUT2D eigenvalue weighted by Gasteiger charge is -2.24. The van der Waals surface area contributed by atoms with E-state index in [4.69, 9.17) is 4.42 Å². The topological polar surface area (TPSA) is 45.4 Å². The molecule has 0 amide bonds. The Morgan fingerprint density at radius 3 is 2.44 bits per heavy atom. The lowest BCUT2D eigenvalue weighted by Crippen LogP contribution is -2.40. The number of aryl methyl sites for hydroxylation is 1. The fourth-order valence-electron chi connectivity index (χ4n) is 1.73. The fraction of sp³-hybridized carbons (Fsp3) is 0.692. The van der Waals surface area contributed by atoms with Crippen LogP contribution in [0.3, 0.4) is 0 Å². The quantitative estimate of drug-likeness (QED) is 0.782. The zero-order valence-corrected chi connectivity index (χ0v) is 10.7. The lowest BCUT2D eigenvalue weighted by atomic mass is 10.0. The third-order valence-electron chi connectivity index (χ3n) is 2.99. The summed E-state index contributed by atoms with van der Waals surface area (Å²) >= 11 is 0. The molecule has 0 bridgehead atoms. The summed E-state index contributed by atoms with van der Waals surface area (Å²) in [6, 6.07) is 4.17. The maximum Gasteiger partial charge on any atom is 0.136 e. The second-order valence-electron chi connectivity index (χ2n) is 4.58. The van der Waals surface area contributed by atoms with Crippen molar-refractivity contribution in [1.29, 1.82) is 0 Å². The van der Waals surface area contributed by atoms with E-state index in [1.54, 1.807) is 6.92 Å². The van der Waals surface area contributed by atoms with Crippen molar-refractivity contribution >= 4 is 0 Å². The van der Waals surface area contributed by atoms with Crippen LogP contribution in [-0.2, 0) is 5.60 Å². The van der Waals surface area contributed by atoms with Gasteiger partial charge in [-0.25, -0.2) is 0 Å². The Hall–Kier alpha value is -0.800. The maximum atomic E-state index is 10.3. The Kier molecular flexibility index (Phi) is 4.56. The van der Waals surface area contributed by atoms with Gasteiger partial charge < -0.3 is 14.8 Å². The van der Waals surface area contributed by atoms with Crippen LogP contribution in [0, 0.1) is 6.92 Å². The molecule has 0 saturated carbocycles. The summed E-state index contributed by atoms with van der Waals surface area (Å²) in [5.74, 6) is 1.46. The first-order valence-corrected chi connectivity index (χ1v) is 6.02. The van der Waals surface area contributed by atoms with Crippen molar-refractivity contribution in [3.63, 3.8) is 0 Å². The number of hydrogen-bond donors (Lipinski definition) is 2. The average molecular weight is 225 g/mol.